The molecule has 0 aliphatic rings. The highest BCUT2D eigenvalue weighted by Gasteiger charge is 2.04. The Bertz CT molecular complexity index is 1000. The lowest BCUT2D eigenvalue weighted by Gasteiger charge is -1.95. The predicted molar refractivity (Wildman–Crippen MR) is 103 cm³/mol. The molecular formula is C21H22N2O3. The van der Waals surface area contributed by atoms with Gasteiger partial charge in [-0.05, 0) is 36.1 Å². The van der Waals surface area contributed by atoms with Crippen LogP contribution >= 0.6 is 0 Å². The largest absolute Gasteiger partial charge is 0.481 e. The fourth-order valence-corrected chi connectivity index (χ4v) is 3.04. The third-order valence-corrected chi connectivity index (χ3v) is 4.34. The monoisotopic (exact) mass is 350 g/mol. The van der Waals surface area contributed by atoms with E-state index in [0.717, 1.165) is 28.4 Å². The van der Waals surface area contributed by atoms with Crippen molar-refractivity contribution < 1.29 is 15.0 Å². The summed E-state index contributed by atoms with van der Waals surface area (Å²) in [5.74, 6) is -0.754. The Kier molecular flexibility index (Phi) is 5.71. The lowest BCUT2D eigenvalue weighted by atomic mass is 10.1. The third-order valence-electron chi connectivity index (χ3n) is 4.34. The molecule has 0 saturated heterocycles. The Labute approximate surface area is 151 Å². The topological polar surface area (TPSA) is 89.1 Å². The van der Waals surface area contributed by atoms with Crippen molar-refractivity contribution in [1.29, 1.82) is 0 Å². The van der Waals surface area contributed by atoms with Gasteiger partial charge >= 0.3 is 5.97 Å². The molecule has 5 nitrogen and oxygen atoms in total. The van der Waals surface area contributed by atoms with Crippen LogP contribution in [0.2, 0.25) is 0 Å². The van der Waals surface area contributed by atoms with Crippen molar-refractivity contribution in [2.45, 2.75) is 19.3 Å². The maximum atomic E-state index is 10.4. The van der Waals surface area contributed by atoms with E-state index in [1.54, 1.807) is 0 Å². The van der Waals surface area contributed by atoms with Crippen LogP contribution in [0.3, 0.4) is 0 Å². The fourth-order valence-electron chi connectivity index (χ4n) is 3.04. The van der Waals surface area contributed by atoms with Crippen LogP contribution in [0.25, 0.3) is 21.8 Å². The van der Waals surface area contributed by atoms with Crippen LogP contribution in [0.5, 0.6) is 0 Å². The quantitative estimate of drug-likeness (QED) is 0.440. The van der Waals surface area contributed by atoms with Gasteiger partial charge in [0.05, 0.1) is 0 Å². The van der Waals surface area contributed by atoms with Gasteiger partial charge in [0, 0.05) is 47.2 Å². The van der Waals surface area contributed by atoms with Gasteiger partial charge in [-0.25, -0.2) is 0 Å². The molecule has 0 fully saturated rings. The van der Waals surface area contributed by atoms with Crippen LogP contribution in [-0.4, -0.2) is 32.8 Å². The van der Waals surface area contributed by atoms with Crippen molar-refractivity contribution in [2.75, 3.05) is 6.61 Å². The number of para-hydroxylation sites is 2. The highest BCUT2D eigenvalue weighted by Crippen LogP contribution is 2.19. The number of aryl methyl sites for hydroxylation is 1. The smallest absolute Gasteiger partial charge is 0.303 e. The molecule has 4 N–H and O–H groups in total. The Balaban J connectivity index is 0.000000152. The van der Waals surface area contributed by atoms with Gasteiger partial charge in [-0.1, -0.05) is 36.4 Å². The molecule has 2 heterocycles. The highest BCUT2D eigenvalue weighted by atomic mass is 16.4. The van der Waals surface area contributed by atoms with E-state index in [1.807, 2.05) is 54.9 Å². The summed E-state index contributed by atoms with van der Waals surface area (Å²) in [6.45, 7) is 0.210. The second kappa shape index (κ2) is 8.36. The maximum Gasteiger partial charge on any atom is 0.303 e. The number of aromatic amines is 2. The number of fused-ring (bicyclic) bond motifs is 2. The SMILES string of the molecule is O=C(O)CCc1c[nH]c2ccccc12.OCCc1c[nH]c2ccccc12. The maximum absolute atomic E-state index is 10.4. The number of nitrogens with one attached hydrogen (secondary N) is 2. The fraction of sp³-hybridized carbons (Fsp3) is 0.190. The summed E-state index contributed by atoms with van der Waals surface area (Å²) >= 11 is 0. The van der Waals surface area contributed by atoms with Crippen LogP contribution in [0.4, 0.5) is 0 Å². The molecule has 0 unspecified atom stereocenters. The molecule has 26 heavy (non-hydrogen) atoms. The number of aliphatic hydroxyl groups excluding tert-OH is 1. The molecule has 0 radical (unpaired) electrons. The van der Waals surface area contributed by atoms with Crippen molar-refractivity contribution in [2.24, 2.45) is 0 Å². The molecule has 0 saturated carbocycles. The first-order chi connectivity index (χ1) is 12.7. The van der Waals surface area contributed by atoms with Crippen molar-refractivity contribution in [1.82, 2.24) is 9.97 Å². The molecule has 2 aromatic carbocycles. The van der Waals surface area contributed by atoms with Gasteiger partial charge in [0.25, 0.3) is 0 Å². The summed E-state index contributed by atoms with van der Waals surface area (Å²) in [6.07, 6.45) is 5.33. The minimum Gasteiger partial charge on any atom is -0.481 e. The third kappa shape index (κ3) is 4.13. The lowest BCUT2D eigenvalue weighted by Crippen LogP contribution is -1.96. The molecule has 0 atom stereocenters. The Hall–Kier alpha value is -3.05. The van der Waals surface area contributed by atoms with Crippen LogP contribution in [-0.2, 0) is 17.6 Å². The average molecular weight is 350 g/mol. The zero-order valence-corrected chi connectivity index (χ0v) is 14.4. The first kappa shape index (κ1) is 17.8. The minimum absolute atomic E-state index is 0.182. The van der Waals surface area contributed by atoms with E-state index in [0.29, 0.717) is 6.42 Å². The molecular weight excluding hydrogens is 328 g/mol. The van der Waals surface area contributed by atoms with E-state index in [-0.39, 0.29) is 13.0 Å². The lowest BCUT2D eigenvalue weighted by molar-refractivity contribution is -0.136. The number of H-pyrrole nitrogens is 2. The summed E-state index contributed by atoms with van der Waals surface area (Å²) < 4.78 is 0. The van der Waals surface area contributed by atoms with Gasteiger partial charge in [-0.2, -0.15) is 0 Å². The Morgan fingerprint density at radius 2 is 1.31 bits per heavy atom. The van der Waals surface area contributed by atoms with E-state index in [9.17, 15) is 4.79 Å². The van der Waals surface area contributed by atoms with Gasteiger partial charge in [-0.3, -0.25) is 4.79 Å². The van der Waals surface area contributed by atoms with Gasteiger partial charge in [0.2, 0.25) is 0 Å². The summed E-state index contributed by atoms with van der Waals surface area (Å²) in [5.41, 5.74) is 4.46. The number of hydrogen-bond donors (Lipinski definition) is 4. The average Bonchev–Trinajstić information content (AvgIpc) is 3.25. The second-order valence-electron chi connectivity index (χ2n) is 6.09. The zero-order valence-electron chi connectivity index (χ0n) is 14.4. The molecule has 0 aliphatic carbocycles. The number of aliphatic carboxylic acids is 1. The van der Waals surface area contributed by atoms with Crippen molar-refractivity contribution in [3.05, 3.63) is 72.1 Å². The van der Waals surface area contributed by atoms with Gasteiger partial charge < -0.3 is 20.2 Å². The van der Waals surface area contributed by atoms with E-state index >= 15 is 0 Å². The number of hydrogen-bond acceptors (Lipinski definition) is 2. The van der Waals surface area contributed by atoms with Crippen molar-refractivity contribution >= 4 is 27.8 Å². The first-order valence-electron chi connectivity index (χ1n) is 8.61. The van der Waals surface area contributed by atoms with Crippen molar-refractivity contribution in [3.8, 4) is 0 Å². The minimum atomic E-state index is -0.754. The van der Waals surface area contributed by atoms with Crippen LogP contribution in [0.15, 0.2) is 60.9 Å². The molecule has 4 aromatic rings. The normalized spacial score (nSPS) is 10.7. The standard InChI is InChI=1S/C11H11NO2.C10H11NO/c13-11(14)6-5-8-7-12-10-4-2-1-3-9(8)10;12-6-5-8-7-11-10-4-2-1-3-9(8)10/h1-4,7,12H,5-6H2,(H,13,14);1-4,7,11-12H,5-6H2. The number of carboxylic acid groups (broad SMARTS) is 1. The van der Waals surface area contributed by atoms with E-state index in [2.05, 4.69) is 16.0 Å². The molecule has 2 aromatic heterocycles. The summed E-state index contributed by atoms with van der Waals surface area (Å²) in [6, 6.07) is 16.0. The number of rotatable bonds is 5. The molecule has 5 heteroatoms. The van der Waals surface area contributed by atoms with E-state index in [1.165, 1.54) is 10.9 Å². The van der Waals surface area contributed by atoms with Gasteiger partial charge in [0.15, 0.2) is 0 Å². The van der Waals surface area contributed by atoms with Crippen molar-refractivity contribution in [3.63, 3.8) is 0 Å². The van der Waals surface area contributed by atoms with Crippen LogP contribution in [0.1, 0.15) is 17.5 Å². The van der Waals surface area contributed by atoms with Gasteiger partial charge in [0.1, 0.15) is 0 Å². The first-order valence-corrected chi connectivity index (χ1v) is 8.61. The summed E-state index contributed by atoms with van der Waals surface area (Å²) in [7, 11) is 0. The summed E-state index contributed by atoms with van der Waals surface area (Å²) in [4.78, 5) is 16.7. The number of benzene rings is 2. The highest BCUT2D eigenvalue weighted by molar-refractivity contribution is 5.84. The Morgan fingerprint density at radius 1 is 0.808 bits per heavy atom. The van der Waals surface area contributed by atoms with Gasteiger partial charge in [-0.15, -0.1) is 0 Å². The second-order valence-corrected chi connectivity index (χ2v) is 6.09. The molecule has 0 bridgehead atoms. The van der Waals surface area contributed by atoms with Crippen LogP contribution < -0.4 is 0 Å². The molecule has 0 spiro atoms. The molecule has 4 rings (SSSR count). The summed E-state index contributed by atoms with van der Waals surface area (Å²) in [5, 5.41) is 19.7. The molecule has 134 valence electrons. The number of aromatic nitrogens is 2. The van der Waals surface area contributed by atoms with E-state index in [4.69, 9.17) is 10.2 Å². The Morgan fingerprint density at radius 3 is 1.81 bits per heavy atom. The number of carboxylic acids is 1. The van der Waals surface area contributed by atoms with E-state index < -0.39 is 5.97 Å². The zero-order chi connectivity index (χ0) is 18.4. The number of carbonyl (C=O) groups is 1. The van der Waals surface area contributed by atoms with Crippen LogP contribution in [0, 0.1) is 0 Å². The predicted octanol–water partition coefficient (Wildman–Crippen LogP) is 3.89. The molecule has 0 amide bonds. The molecule has 0 aliphatic heterocycles. The number of aliphatic hydroxyl groups is 1.